The van der Waals surface area contributed by atoms with Gasteiger partial charge in [-0.15, -0.1) is 0 Å². The molecule has 0 aliphatic heterocycles. The highest BCUT2D eigenvalue weighted by atomic mass is 35.5. The van der Waals surface area contributed by atoms with Gasteiger partial charge in [-0.05, 0) is 37.6 Å². The van der Waals surface area contributed by atoms with Crippen molar-refractivity contribution in [3.05, 3.63) is 59.6 Å². The van der Waals surface area contributed by atoms with Crippen LogP contribution in [0.15, 0.2) is 49.1 Å². The van der Waals surface area contributed by atoms with E-state index in [0.717, 1.165) is 0 Å². The molecule has 34 heavy (non-hydrogen) atoms. The van der Waals surface area contributed by atoms with E-state index in [1.54, 1.807) is 61.6 Å². The fourth-order valence-electron chi connectivity index (χ4n) is 3.58. The maximum atomic E-state index is 13.1. The van der Waals surface area contributed by atoms with Crippen LogP contribution in [0.2, 0.25) is 5.02 Å². The third-order valence-corrected chi connectivity index (χ3v) is 5.32. The summed E-state index contributed by atoms with van der Waals surface area (Å²) in [6, 6.07) is 6.93. The van der Waals surface area contributed by atoms with Crippen LogP contribution < -0.4 is 10.1 Å². The number of carbonyl (C=O) groups is 2. The van der Waals surface area contributed by atoms with E-state index in [-0.39, 0.29) is 18.3 Å². The summed E-state index contributed by atoms with van der Waals surface area (Å²) >= 11 is 6.28. The van der Waals surface area contributed by atoms with Gasteiger partial charge >= 0.3 is 5.97 Å². The molecular weight excluding hydrogens is 460 g/mol. The lowest BCUT2D eigenvalue weighted by Crippen LogP contribution is -2.13. The number of esters is 1. The fraction of sp³-hybridized carbons (Fsp3) is 0.261. The molecule has 0 radical (unpaired) electrons. The minimum absolute atomic E-state index is 0.246. The molecule has 3 heterocycles. The predicted octanol–water partition coefficient (Wildman–Crippen LogP) is 3.85. The van der Waals surface area contributed by atoms with Crippen molar-refractivity contribution in [2.24, 2.45) is 0 Å². The van der Waals surface area contributed by atoms with E-state index in [4.69, 9.17) is 21.1 Å². The van der Waals surface area contributed by atoms with Crippen molar-refractivity contribution in [2.45, 2.75) is 26.3 Å². The molecular formula is C23H23ClN6O4. The highest BCUT2D eigenvalue weighted by Gasteiger charge is 2.21. The molecule has 0 bridgehead atoms. The quantitative estimate of drug-likeness (QED) is 0.360. The van der Waals surface area contributed by atoms with E-state index in [0.29, 0.717) is 58.5 Å². The maximum absolute atomic E-state index is 13.1. The van der Waals surface area contributed by atoms with Gasteiger partial charge in [0.15, 0.2) is 5.65 Å². The molecule has 0 spiro atoms. The molecule has 1 aromatic carbocycles. The number of aromatic nitrogens is 5. The van der Waals surface area contributed by atoms with Crippen molar-refractivity contribution in [1.82, 2.24) is 24.4 Å². The Kier molecular flexibility index (Phi) is 7.07. The number of fused-ring (bicyclic) bond motifs is 1. The summed E-state index contributed by atoms with van der Waals surface area (Å²) in [6.45, 7) is 2.52. The van der Waals surface area contributed by atoms with Crippen LogP contribution >= 0.6 is 11.6 Å². The Morgan fingerprint density at radius 1 is 1.21 bits per heavy atom. The van der Waals surface area contributed by atoms with Crippen molar-refractivity contribution in [1.29, 1.82) is 0 Å². The lowest BCUT2D eigenvalue weighted by atomic mass is 10.1. The first-order valence-corrected chi connectivity index (χ1v) is 11.0. The van der Waals surface area contributed by atoms with Gasteiger partial charge in [0.05, 0.1) is 37.5 Å². The number of hydrogen-bond acceptors (Lipinski definition) is 7. The summed E-state index contributed by atoms with van der Waals surface area (Å²) in [5, 5.41) is 12.0. The zero-order chi connectivity index (χ0) is 24.1. The van der Waals surface area contributed by atoms with Gasteiger partial charge in [0.1, 0.15) is 11.3 Å². The standard InChI is InChI=1S/C23H23ClN6O4/c1-3-34-20(31)6-4-10-29-21(16-12-15(24)7-8-19(16)33-2)18(14-27-29)28-23(32)17-13-26-30-11-5-9-25-22(17)30/h5,7-9,11-14H,3-4,6,10H2,1-2H3,(H,28,32). The van der Waals surface area contributed by atoms with E-state index in [1.807, 2.05) is 0 Å². The van der Waals surface area contributed by atoms with Crippen LogP contribution in [0.3, 0.4) is 0 Å². The highest BCUT2D eigenvalue weighted by molar-refractivity contribution is 6.31. The number of hydrogen-bond donors (Lipinski definition) is 1. The Bertz CT molecular complexity index is 1330. The molecule has 0 fully saturated rings. The molecule has 0 atom stereocenters. The normalized spacial score (nSPS) is 10.9. The molecule has 0 aliphatic rings. The van der Waals surface area contributed by atoms with E-state index in [1.165, 1.54) is 10.7 Å². The average molecular weight is 483 g/mol. The second kappa shape index (κ2) is 10.3. The van der Waals surface area contributed by atoms with Gasteiger partial charge < -0.3 is 14.8 Å². The van der Waals surface area contributed by atoms with E-state index in [9.17, 15) is 9.59 Å². The molecule has 4 aromatic rings. The monoisotopic (exact) mass is 482 g/mol. The Morgan fingerprint density at radius 3 is 2.85 bits per heavy atom. The first-order valence-electron chi connectivity index (χ1n) is 10.7. The smallest absolute Gasteiger partial charge is 0.305 e. The molecule has 1 amide bonds. The number of aryl methyl sites for hydroxylation is 1. The van der Waals surface area contributed by atoms with Crippen LogP contribution in [0.1, 0.15) is 30.1 Å². The van der Waals surface area contributed by atoms with Gasteiger partial charge in [0, 0.05) is 35.9 Å². The number of nitrogens with zero attached hydrogens (tertiary/aromatic N) is 5. The summed E-state index contributed by atoms with van der Waals surface area (Å²) in [4.78, 5) is 29.1. The van der Waals surface area contributed by atoms with Gasteiger partial charge in [-0.25, -0.2) is 9.50 Å². The average Bonchev–Trinajstić information content (AvgIpc) is 3.43. The summed E-state index contributed by atoms with van der Waals surface area (Å²) in [7, 11) is 1.55. The van der Waals surface area contributed by atoms with Crippen LogP contribution in [0.25, 0.3) is 16.9 Å². The van der Waals surface area contributed by atoms with Crippen molar-refractivity contribution in [2.75, 3.05) is 19.0 Å². The number of amides is 1. The number of methoxy groups -OCH3 is 1. The minimum Gasteiger partial charge on any atom is -0.496 e. The largest absolute Gasteiger partial charge is 0.496 e. The van der Waals surface area contributed by atoms with Gasteiger partial charge in [-0.3, -0.25) is 14.3 Å². The first kappa shape index (κ1) is 23.2. The topological polar surface area (TPSA) is 113 Å². The second-order valence-corrected chi connectivity index (χ2v) is 7.72. The number of rotatable bonds is 9. The van der Waals surface area contributed by atoms with Crippen molar-refractivity contribution >= 4 is 34.8 Å². The summed E-state index contributed by atoms with van der Waals surface area (Å²) in [5.74, 6) is -0.0997. The fourth-order valence-corrected chi connectivity index (χ4v) is 3.75. The number of halogens is 1. The van der Waals surface area contributed by atoms with Gasteiger partial charge in [0.2, 0.25) is 0 Å². The summed E-state index contributed by atoms with van der Waals surface area (Å²) in [5.41, 5.74) is 2.46. The zero-order valence-electron chi connectivity index (χ0n) is 18.7. The number of carbonyl (C=O) groups excluding carboxylic acids is 2. The van der Waals surface area contributed by atoms with E-state index >= 15 is 0 Å². The Balaban J connectivity index is 1.68. The minimum atomic E-state index is -0.387. The molecule has 1 N–H and O–H groups in total. The lowest BCUT2D eigenvalue weighted by Gasteiger charge is -2.14. The van der Waals surface area contributed by atoms with Crippen LogP contribution in [0.4, 0.5) is 5.69 Å². The van der Waals surface area contributed by atoms with Crippen LogP contribution in [-0.2, 0) is 16.1 Å². The molecule has 0 unspecified atom stereocenters. The first-order chi connectivity index (χ1) is 16.5. The Labute approximate surface area is 200 Å². The van der Waals surface area contributed by atoms with Crippen molar-refractivity contribution in [3.63, 3.8) is 0 Å². The third-order valence-electron chi connectivity index (χ3n) is 5.08. The third kappa shape index (κ3) is 4.86. The highest BCUT2D eigenvalue weighted by Crippen LogP contribution is 2.37. The Hall–Kier alpha value is -3.92. The van der Waals surface area contributed by atoms with Crippen LogP contribution in [0, 0.1) is 0 Å². The number of anilines is 1. The SMILES string of the molecule is CCOC(=O)CCCn1ncc(NC(=O)c2cnn3cccnc23)c1-c1cc(Cl)ccc1OC. The van der Waals surface area contributed by atoms with Crippen LogP contribution in [0.5, 0.6) is 5.75 Å². The van der Waals surface area contributed by atoms with Gasteiger partial charge in [-0.1, -0.05) is 11.6 Å². The molecule has 4 rings (SSSR count). The molecule has 10 nitrogen and oxygen atoms in total. The van der Waals surface area contributed by atoms with Gasteiger partial charge in [0.25, 0.3) is 5.91 Å². The zero-order valence-corrected chi connectivity index (χ0v) is 19.5. The lowest BCUT2D eigenvalue weighted by molar-refractivity contribution is -0.143. The number of benzene rings is 1. The molecule has 176 valence electrons. The number of nitrogens with one attached hydrogen (secondary N) is 1. The summed E-state index contributed by atoms with van der Waals surface area (Å²) < 4.78 is 13.8. The summed E-state index contributed by atoms with van der Waals surface area (Å²) in [6.07, 6.45) is 7.07. The predicted molar refractivity (Wildman–Crippen MR) is 126 cm³/mol. The molecule has 11 heteroatoms. The second-order valence-electron chi connectivity index (χ2n) is 7.28. The molecule has 0 saturated heterocycles. The molecule has 0 saturated carbocycles. The number of ether oxygens (including phenoxy) is 2. The van der Waals surface area contributed by atoms with Crippen molar-refractivity contribution < 1.29 is 19.1 Å². The van der Waals surface area contributed by atoms with E-state index < -0.39 is 0 Å². The van der Waals surface area contributed by atoms with Crippen molar-refractivity contribution in [3.8, 4) is 17.0 Å². The van der Waals surface area contributed by atoms with E-state index in [2.05, 4.69) is 20.5 Å². The molecule has 0 aliphatic carbocycles. The maximum Gasteiger partial charge on any atom is 0.305 e. The molecule has 3 aromatic heterocycles. The van der Waals surface area contributed by atoms with Crippen LogP contribution in [-0.4, -0.2) is 50.0 Å². The Morgan fingerprint density at radius 2 is 2.06 bits per heavy atom. The van der Waals surface area contributed by atoms with Gasteiger partial charge in [-0.2, -0.15) is 10.2 Å².